The smallest absolute Gasteiger partial charge is 0.0885 e. The van der Waals surface area contributed by atoms with Crippen molar-refractivity contribution in [1.82, 2.24) is 9.97 Å². The molecule has 4 heteroatoms. The molecule has 0 aliphatic heterocycles. The molecule has 0 radical (unpaired) electrons. The van der Waals surface area contributed by atoms with Crippen LogP contribution in [0.5, 0.6) is 0 Å². The van der Waals surface area contributed by atoms with E-state index in [9.17, 15) is 0 Å². The highest BCUT2D eigenvalue weighted by Crippen LogP contribution is 2.44. The maximum atomic E-state index is 8.95. The molecule has 0 saturated carbocycles. The molecular weight excluding hydrogens is 585 g/mol. The van der Waals surface area contributed by atoms with E-state index in [1.54, 1.807) is 18.6 Å². The van der Waals surface area contributed by atoms with Gasteiger partial charge in [0.15, 0.2) is 0 Å². The average Bonchev–Trinajstić information content (AvgIpc) is 3.18. The van der Waals surface area contributed by atoms with E-state index in [0.717, 1.165) is 78.4 Å². The molecule has 0 saturated heterocycles. The van der Waals surface area contributed by atoms with Gasteiger partial charge in [0.1, 0.15) is 0 Å². The molecule has 7 aromatic rings. The van der Waals surface area contributed by atoms with Crippen LogP contribution in [0.4, 0.5) is 34.1 Å². The maximum absolute atomic E-state index is 8.95. The lowest BCUT2D eigenvalue weighted by atomic mass is 9.98. The van der Waals surface area contributed by atoms with Crippen molar-refractivity contribution in [3.63, 3.8) is 0 Å². The average molecular weight is 629 g/mol. The topological polar surface area (TPSA) is 32.3 Å². The summed E-state index contributed by atoms with van der Waals surface area (Å²) in [6.07, 6.45) is 5.13. The summed E-state index contributed by atoms with van der Waals surface area (Å²) in [6.45, 7) is 11.3. The normalized spacial score (nSPS) is 12.3. The van der Waals surface area contributed by atoms with Crippen LogP contribution in [-0.4, -0.2) is 9.97 Å². The quantitative estimate of drug-likeness (QED) is 0.176. The Morgan fingerprint density at radius 3 is 1.62 bits per heavy atom. The van der Waals surface area contributed by atoms with Gasteiger partial charge in [-0.15, -0.1) is 0 Å². The summed E-state index contributed by atoms with van der Waals surface area (Å²) < 4.78 is 35.8. The summed E-state index contributed by atoms with van der Waals surface area (Å²) in [4.78, 5) is 13.1. The van der Waals surface area contributed by atoms with Gasteiger partial charge in [-0.3, -0.25) is 9.97 Å². The van der Waals surface area contributed by atoms with Crippen LogP contribution in [0.3, 0.4) is 0 Å². The first-order valence-corrected chi connectivity index (χ1v) is 16.2. The number of anilines is 6. The first kappa shape index (κ1) is 26.3. The van der Waals surface area contributed by atoms with Crippen LogP contribution in [0.15, 0.2) is 134 Å². The van der Waals surface area contributed by atoms with Gasteiger partial charge in [-0.25, -0.2) is 0 Å². The fourth-order valence-electron chi connectivity index (χ4n) is 6.79. The van der Waals surface area contributed by atoms with E-state index in [0.29, 0.717) is 35.3 Å². The zero-order valence-corrected chi connectivity index (χ0v) is 28.2. The highest BCUT2D eigenvalue weighted by atomic mass is 15.2. The standard InChI is InChI=1S/C44H40N4/c1-29-22-31(3)43(32(4)23-29)48(44-33(5)24-30(2)25-34(44)6)39-18-16-38(17-19-39)47(41-15-14-35-10-7-8-11-36(35)26-41)40-13-9-12-37(27-40)42-28-45-20-21-46-42/h7-28H,1-6H3/i22D,23D,24D,25D. The van der Waals surface area contributed by atoms with Gasteiger partial charge < -0.3 is 9.80 Å². The number of hydrogen-bond acceptors (Lipinski definition) is 4. The summed E-state index contributed by atoms with van der Waals surface area (Å²) in [7, 11) is 0. The van der Waals surface area contributed by atoms with Gasteiger partial charge >= 0.3 is 0 Å². The van der Waals surface area contributed by atoms with Gasteiger partial charge in [-0.2, -0.15) is 0 Å². The molecule has 0 bridgehead atoms. The molecule has 236 valence electrons. The Morgan fingerprint density at radius 1 is 0.500 bits per heavy atom. The molecule has 4 nitrogen and oxygen atoms in total. The van der Waals surface area contributed by atoms with E-state index in [1.165, 1.54) is 0 Å². The SMILES string of the molecule is [2H]c1c(C)c([2H])c(C)c(N(c2ccc(N(c3cccc(-c4cnccn4)c3)c3ccc4ccccc4c3)cc2)c2c(C)c([2H])c(C)c([2H])c2C)c1C. The van der Waals surface area contributed by atoms with Crippen LogP contribution in [0.2, 0.25) is 0 Å². The summed E-state index contributed by atoms with van der Waals surface area (Å²) >= 11 is 0. The number of nitrogens with zero attached hydrogens (tertiary/aromatic N) is 4. The van der Waals surface area contributed by atoms with Crippen LogP contribution in [-0.2, 0) is 0 Å². The van der Waals surface area contributed by atoms with Crippen molar-refractivity contribution in [3.05, 3.63) is 167 Å². The fourth-order valence-corrected chi connectivity index (χ4v) is 6.79. The van der Waals surface area contributed by atoms with Crippen molar-refractivity contribution in [2.24, 2.45) is 0 Å². The third-order valence-corrected chi connectivity index (χ3v) is 8.69. The molecule has 48 heavy (non-hydrogen) atoms. The predicted octanol–water partition coefficient (Wildman–Crippen LogP) is 12.1. The molecule has 6 aromatic carbocycles. The summed E-state index contributed by atoms with van der Waals surface area (Å²) in [5, 5.41) is 2.28. The number of aromatic nitrogens is 2. The Labute approximate surface area is 289 Å². The molecule has 0 aliphatic rings. The molecular formula is C44H40N4. The van der Waals surface area contributed by atoms with E-state index >= 15 is 0 Å². The van der Waals surface area contributed by atoms with Crippen molar-refractivity contribution in [3.8, 4) is 11.3 Å². The maximum Gasteiger partial charge on any atom is 0.0885 e. The minimum absolute atomic E-state index is 0.317. The zero-order chi connectivity index (χ0) is 36.8. The molecule has 7 rings (SSSR count). The van der Waals surface area contributed by atoms with Crippen LogP contribution in [0, 0.1) is 41.5 Å². The summed E-state index contributed by atoms with van der Waals surface area (Å²) in [5.41, 5.74) is 11.1. The first-order valence-electron chi connectivity index (χ1n) is 18.2. The molecule has 0 spiro atoms. The van der Waals surface area contributed by atoms with E-state index < -0.39 is 0 Å². The van der Waals surface area contributed by atoms with Crippen molar-refractivity contribution in [2.45, 2.75) is 41.5 Å². The minimum Gasteiger partial charge on any atom is -0.310 e. The number of rotatable bonds is 7. The Balaban J connectivity index is 1.44. The molecule has 0 fully saturated rings. The first-order chi connectivity index (χ1) is 25.0. The van der Waals surface area contributed by atoms with Crippen molar-refractivity contribution >= 4 is 44.9 Å². The summed E-state index contributed by atoms with van der Waals surface area (Å²) in [5.74, 6) is 0. The zero-order valence-electron chi connectivity index (χ0n) is 32.2. The largest absolute Gasteiger partial charge is 0.310 e. The number of fused-ring (bicyclic) bond motifs is 1. The molecule has 0 aliphatic carbocycles. The van der Waals surface area contributed by atoms with Gasteiger partial charge in [-0.05, 0) is 123 Å². The van der Waals surface area contributed by atoms with Crippen LogP contribution >= 0.6 is 0 Å². The Bertz CT molecular complexity index is 2350. The number of benzene rings is 6. The predicted molar refractivity (Wildman–Crippen MR) is 203 cm³/mol. The lowest BCUT2D eigenvalue weighted by Crippen LogP contribution is -2.16. The lowest BCUT2D eigenvalue weighted by molar-refractivity contribution is 1.16. The van der Waals surface area contributed by atoms with E-state index in [1.807, 2.05) is 77.9 Å². The lowest BCUT2D eigenvalue weighted by Gasteiger charge is -2.32. The van der Waals surface area contributed by atoms with Crippen molar-refractivity contribution < 1.29 is 5.48 Å². The summed E-state index contributed by atoms with van der Waals surface area (Å²) in [6, 6.07) is 32.6. The molecule has 0 atom stereocenters. The highest BCUT2D eigenvalue weighted by Gasteiger charge is 2.22. The Kier molecular flexibility index (Phi) is 7.03. The fraction of sp³-hybridized carbons (Fsp3) is 0.136. The Morgan fingerprint density at radius 2 is 1.04 bits per heavy atom. The second-order valence-electron chi connectivity index (χ2n) is 12.3. The van der Waals surface area contributed by atoms with Gasteiger partial charge in [0.05, 0.1) is 28.7 Å². The molecule has 0 unspecified atom stereocenters. The molecule has 0 amide bonds. The van der Waals surface area contributed by atoms with Gasteiger partial charge in [0.2, 0.25) is 0 Å². The van der Waals surface area contributed by atoms with Gasteiger partial charge in [-0.1, -0.05) is 77.8 Å². The van der Waals surface area contributed by atoms with Crippen molar-refractivity contribution in [1.29, 1.82) is 0 Å². The second kappa shape index (κ2) is 12.8. The van der Waals surface area contributed by atoms with Gasteiger partial charge in [0, 0.05) is 40.7 Å². The monoisotopic (exact) mass is 628 g/mol. The van der Waals surface area contributed by atoms with Crippen LogP contribution in [0.25, 0.3) is 22.0 Å². The number of hydrogen-bond donors (Lipinski definition) is 0. The third kappa shape index (κ3) is 5.93. The van der Waals surface area contributed by atoms with Gasteiger partial charge in [0.25, 0.3) is 0 Å². The third-order valence-electron chi connectivity index (χ3n) is 8.69. The second-order valence-corrected chi connectivity index (χ2v) is 12.3. The minimum atomic E-state index is 0.317. The molecule has 1 aromatic heterocycles. The van der Waals surface area contributed by atoms with E-state index in [4.69, 9.17) is 5.48 Å². The highest BCUT2D eigenvalue weighted by molar-refractivity contribution is 5.90. The Hall–Kier alpha value is -5.74. The van der Waals surface area contributed by atoms with E-state index in [-0.39, 0.29) is 0 Å². The van der Waals surface area contributed by atoms with E-state index in [2.05, 4.69) is 74.4 Å². The van der Waals surface area contributed by atoms with Crippen LogP contribution in [0.1, 0.15) is 38.9 Å². The van der Waals surface area contributed by atoms with Crippen LogP contribution < -0.4 is 9.80 Å². The molecule has 1 heterocycles. The molecule has 0 N–H and O–H groups in total. The van der Waals surface area contributed by atoms with Crippen molar-refractivity contribution in [2.75, 3.05) is 9.80 Å².